The number of likely N-dealkylation sites (N-methyl/N-ethyl adjacent to an activating group) is 1. The number of benzene rings is 1. The molecule has 0 heterocycles. The highest BCUT2D eigenvalue weighted by Crippen LogP contribution is 2.14. The Morgan fingerprint density at radius 2 is 1.96 bits per heavy atom. The van der Waals surface area contributed by atoms with Gasteiger partial charge in [-0.3, -0.25) is 4.79 Å². The van der Waals surface area contributed by atoms with Crippen molar-refractivity contribution in [1.82, 2.24) is 15.5 Å². The fraction of sp³-hybridized carbons (Fsp3) is 0.600. The number of ether oxygens (including phenoxy) is 2. The molecule has 0 unspecified atom stereocenters. The molecular formula is C20H35IN4O3. The number of amides is 1. The van der Waals surface area contributed by atoms with E-state index in [1.807, 2.05) is 38.1 Å². The summed E-state index contributed by atoms with van der Waals surface area (Å²) in [5.41, 5.74) is 1.03. The maximum absolute atomic E-state index is 11.6. The lowest BCUT2D eigenvalue weighted by Gasteiger charge is -2.12. The van der Waals surface area contributed by atoms with E-state index in [0.717, 1.165) is 50.7 Å². The van der Waals surface area contributed by atoms with E-state index in [9.17, 15) is 4.79 Å². The molecular weight excluding hydrogens is 471 g/mol. The van der Waals surface area contributed by atoms with Crippen LogP contribution >= 0.6 is 24.0 Å². The van der Waals surface area contributed by atoms with Crippen molar-refractivity contribution >= 4 is 35.8 Å². The molecule has 0 radical (unpaired) electrons. The molecule has 0 saturated heterocycles. The molecule has 0 aliphatic heterocycles. The number of carbonyl (C=O) groups excluding carboxylic acids is 1. The molecule has 1 aromatic carbocycles. The van der Waals surface area contributed by atoms with Crippen molar-refractivity contribution in [2.45, 2.75) is 33.2 Å². The lowest BCUT2D eigenvalue weighted by molar-refractivity contribution is -0.130. The molecule has 0 saturated carbocycles. The molecule has 1 aromatic rings. The molecule has 0 fully saturated rings. The Hall–Kier alpha value is -1.55. The molecule has 0 aliphatic rings. The van der Waals surface area contributed by atoms with E-state index in [2.05, 4.69) is 15.6 Å². The number of carbonyl (C=O) groups is 1. The Kier molecular flexibility index (Phi) is 15.5. The largest absolute Gasteiger partial charge is 0.484 e. The van der Waals surface area contributed by atoms with Gasteiger partial charge in [0.1, 0.15) is 5.75 Å². The summed E-state index contributed by atoms with van der Waals surface area (Å²) < 4.78 is 10.9. The van der Waals surface area contributed by atoms with E-state index in [-0.39, 0.29) is 36.5 Å². The normalized spacial score (nSPS) is 10.8. The van der Waals surface area contributed by atoms with Crippen LogP contribution in [0.15, 0.2) is 29.3 Å². The Morgan fingerprint density at radius 1 is 1.18 bits per heavy atom. The molecule has 0 aromatic heterocycles. The summed E-state index contributed by atoms with van der Waals surface area (Å²) in [5.74, 6) is 1.40. The standard InChI is InChI=1S/C20H34N4O3.HI/c1-5-21-20(22-12-7-8-13-26-6-2)23-15-17-10-9-11-18(14-17)27-16-19(25)24(3)4;/h9-11,14H,5-8,12-13,15-16H2,1-4H3,(H2,21,22,23);1H. The molecule has 1 amide bonds. The third-order valence-corrected chi connectivity index (χ3v) is 3.74. The van der Waals surface area contributed by atoms with E-state index in [4.69, 9.17) is 9.47 Å². The van der Waals surface area contributed by atoms with Crippen LogP contribution in [0.3, 0.4) is 0 Å². The minimum Gasteiger partial charge on any atom is -0.484 e. The number of rotatable bonds is 12. The average Bonchev–Trinajstić information content (AvgIpc) is 2.67. The summed E-state index contributed by atoms with van der Waals surface area (Å²) in [5, 5.41) is 6.59. The second kappa shape index (κ2) is 16.4. The molecule has 1 rings (SSSR count). The van der Waals surface area contributed by atoms with Crippen molar-refractivity contribution in [3.8, 4) is 5.75 Å². The topological polar surface area (TPSA) is 75.2 Å². The molecule has 7 nitrogen and oxygen atoms in total. The Labute approximate surface area is 186 Å². The zero-order valence-corrected chi connectivity index (χ0v) is 19.8. The third kappa shape index (κ3) is 12.0. The number of hydrogen-bond acceptors (Lipinski definition) is 4. The maximum atomic E-state index is 11.6. The van der Waals surface area contributed by atoms with Crippen LogP contribution in [-0.2, 0) is 16.1 Å². The minimum atomic E-state index is -0.0682. The minimum absolute atomic E-state index is 0. The number of halogens is 1. The van der Waals surface area contributed by atoms with E-state index in [1.54, 1.807) is 14.1 Å². The van der Waals surface area contributed by atoms with Gasteiger partial charge in [0.25, 0.3) is 5.91 Å². The van der Waals surface area contributed by atoms with E-state index in [0.29, 0.717) is 12.3 Å². The monoisotopic (exact) mass is 506 g/mol. The highest BCUT2D eigenvalue weighted by molar-refractivity contribution is 14.0. The number of nitrogens with one attached hydrogen (secondary N) is 2. The van der Waals surface area contributed by atoms with Crippen LogP contribution in [0.4, 0.5) is 0 Å². The fourth-order valence-electron chi connectivity index (χ4n) is 2.20. The molecule has 28 heavy (non-hydrogen) atoms. The first-order chi connectivity index (χ1) is 13.1. The van der Waals surface area contributed by atoms with Gasteiger partial charge in [-0.15, -0.1) is 24.0 Å². The van der Waals surface area contributed by atoms with Gasteiger partial charge < -0.3 is 25.0 Å². The SMILES string of the molecule is CCNC(=NCc1cccc(OCC(=O)N(C)C)c1)NCCCCOCC.I. The van der Waals surface area contributed by atoms with Crippen molar-refractivity contribution < 1.29 is 14.3 Å². The number of nitrogens with zero attached hydrogens (tertiary/aromatic N) is 2. The van der Waals surface area contributed by atoms with E-state index in [1.165, 1.54) is 4.90 Å². The van der Waals surface area contributed by atoms with Crippen LogP contribution in [0.2, 0.25) is 0 Å². The third-order valence-electron chi connectivity index (χ3n) is 3.74. The van der Waals surface area contributed by atoms with Crippen LogP contribution in [0.5, 0.6) is 5.75 Å². The number of guanidine groups is 1. The average molecular weight is 506 g/mol. The summed E-state index contributed by atoms with van der Waals surface area (Å²) in [6.45, 7) is 7.85. The van der Waals surface area contributed by atoms with E-state index >= 15 is 0 Å². The highest BCUT2D eigenvalue weighted by atomic mass is 127. The Bertz CT molecular complexity index is 582. The smallest absolute Gasteiger partial charge is 0.259 e. The van der Waals surface area contributed by atoms with Crippen molar-refractivity contribution in [2.24, 2.45) is 4.99 Å². The molecule has 160 valence electrons. The van der Waals surface area contributed by atoms with Crippen LogP contribution in [-0.4, -0.2) is 63.8 Å². The zero-order chi connectivity index (χ0) is 19.9. The van der Waals surface area contributed by atoms with Gasteiger partial charge >= 0.3 is 0 Å². The predicted molar refractivity (Wildman–Crippen MR) is 125 cm³/mol. The Balaban J connectivity index is 0.00000729. The summed E-state index contributed by atoms with van der Waals surface area (Å²) in [6, 6.07) is 7.67. The number of unbranched alkanes of at least 4 members (excludes halogenated alkanes) is 1. The fourth-order valence-corrected chi connectivity index (χ4v) is 2.20. The molecule has 8 heteroatoms. The molecule has 0 spiro atoms. The van der Waals surface area contributed by atoms with Crippen molar-refractivity contribution in [3.63, 3.8) is 0 Å². The first-order valence-corrected chi connectivity index (χ1v) is 9.58. The predicted octanol–water partition coefficient (Wildman–Crippen LogP) is 2.64. The molecule has 0 aliphatic carbocycles. The van der Waals surface area contributed by atoms with Gasteiger partial charge in [-0.05, 0) is 44.4 Å². The van der Waals surface area contributed by atoms with Crippen LogP contribution in [0, 0.1) is 0 Å². The van der Waals surface area contributed by atoms with Crippen LogP contribution in [0.1, 0.15) is 32.3 Å². The second-order valence-corrected chi connectivity index (χ2v) is 6.25. The van der Waals surface area contributed by atoms with Gasteiger partial charge in [0.2, 0.25) is 0 Å². The van der Waals surface area contributed by atoms with Crippen molar-refractivity contribution in [1.29, 1.82) is 0 Å². The summed E-state index contributed by atoms with van der Waals surface area (Å²) in [7, 11) is 3.42. The van der Waals surface area contributed by atoms with Crippen LogP contribution in [0.25, 0.3) is 0 Å². The van der Waals surface area contributed by atoms with Gasteiger partial charge in [0.05, 0.1) is 6.54 Å². The van der Waals surface area contributed by atoms with Crippen molar-refractivity contribution in [2.75, 3.05) is 47.0 Å². The van der Waals surface area contributed by atoms with Gasteiger partial charge in [0.15, 0.2) is 12.6 Å². The summed E-state index contributed by atoms with van der Waals surface area (Å²) in [4.78, 5) is 17.8. The zero-order valence-electron chi connectivity index (χ0n) is 17.5. The maximum Gasteiger partial charge on any atom is 0.259 e. The summed E-state index contributed by atoms with van der Waals surface area (Å²) >= 11 is 0. The first kappa shape index (κ1) is 26.4. The lowest BCUT2D eigenvalue weighted by Crippen LogP contribution is -2.37. The van der Waals surface area contributed by atoms with Gasteiger partial charge in [-0.2, -0.15) is 0 Å². The molecule has 2 N–H and O–H groups in total. The highest BCUT2D eigenvalue weighted by Gasteiger charge is 2.05. The van der Waals surface area contributed by atoms with Crippen LogP contribution < -0.4 is 15.4 Å². The number of aliphatic imine (C=N–C) groups is 1. The quantitative estimate of drug-likeness (QED) is 0.197. The molecule has 0 bridgehead atoms. The Morgan fingerprint density at radius 3 is 2.64 bits per heavy atom. The first-order valence-electron chi connectivity index (χ1n) is 9.58. The summed E-state index contributed by atoms with van der Waals surface area (Å²) in [6.07, 6.45) is 2.07. The van der Waals surface area contributed by atoms with Gasteiger partial charge in [-0.1, -0.05) is 12.1 Å². The van der Waals surface area contributed by atoms with Gasteiger partial charge in [0, 0.05) is 40.4 Å². The molecule has 0 atom stereocenters. The number of hydrogen-bond donors (Lipinski definition) is 2. The van der Waals surface area contributed by atoms with Crippen molar-refractivity contribution in [3.05, 3.63) is 29.8 Å². The van der Waals surface area contributed by atoms with Gasteiger partial charge in [-0.25, -0.2) is 4.99 Å². The lowest BCUT2D eigenvalue weighted by atomic mass is 10.2. The second-order valence-electron chi connectivity index (χ2n) is 6.25. The van der Waals surface area contributed by atoms with E-state index < -0.39 is 0 Å².